The Bertz CT molecular complexity index is 852. The van der Waals surface area contributed by atoms with Gasteiger partial charge < -0.3 is 4.74 Å². The number of sulfonamides is 1. The largest absolute Gasteiger partial charge is 0.452 e. The normalized spacial score (nSPS) is 14.3. The molecule has 0 aromatic heterocycles. The van der Waals surface area contributed by atoms with Gasteiger partial charge in [0.25, 0.3) is 5.91 Å². The van der Waals surface area contributed by atoms with Gasteiger partial charge >= 0.3 is 5.97 Å². The third-order valence-electron chi connectivity index (χ3n) is 3.58. The maximum absolute atomic E-state index is 12.2. The molecule has 0 spiro atoms. The van der Waals surface area contributed by atoms with Crippen molar-refractivity contribution in [1.29, 1.82) is 0 Å². The van der Waals surface area contributed by atoms with E-state index in [4.69, 9.17) is 16.3 Å². The predicted octanol–water partition coefficient (Wildman–Crippen LogP) is 1.11. The summed E-state index contributed by atoms with van der Waals surface area (Å²) in [6.07, 6.45) is 2.22. The van der Waals surface area contributed by atoms with Crippen molar-refractivity contribution in [3.8, 4) is 0 Å². The van der Waals surface area contributed by atoms with Crippen molar-refractivity contribution in [3.05, 3.63) is 41.4 Å². The van der Waals surface area contributed by atoms with E-state index in [0.29, 0.717) is 13.0 Å². The smallest absolute Gasteiger partial charge is 0.338 e. The molecule has 0 bridgehead atoms. The van der Waals surface area contributed by atoms with Gasteiger partial charge in [0.05, 0.1) is 10.6 Å². The molecule has 1 N–H and O–H groups in total. The Hall–Kier alpha value is -2.23. The molecule has 1 fully saturated rings. The number of halogens is 1. The second kappa shape index (κ2) is 8.43. The zero-order valence-corrected chi connectivity index (χ0v) is 15.3. The van der Waals surface area contributed by atoms with Gasteiger partial charge in [-0.1, -0.05) is 17.7 Å². The highest BCUT2D eigenvalue weighted by molar-refractivity contribution is 7.89. The van der Waals surface area contributed by atoms with Crippen molar-refractivity contribution in [1.82, 2.24) is 9.62 Å². The molecule has 8 nitrogen and oxygen atoms in total. The first kappa shape index (κ1) is 20.1. The molecule has 10 heteroatoms. The fourth-order valence-electron chi connectivity index (χ4n) is 2.28. The molecular weight excluding hydrogens is 384 g/mol. The lowest BCUT2D eigenvalue weighted by Crippen LogP contribution is -2.35. The van der Waals surface area contributed by atoms with Crippen molar-refractivity contribution in [3.63, 3.8) is 0 Å². The number of carbonyl (C=O) groups is 3. The Morgan fingerprint density at radius 3 is 2.73 bits per heavy atom. The van der Waals surface area contributed by atoms with Gasteiger partial charge in [0.2, 0.25) is 15.9 Å². The molecule has 0 aliphatic carbocycles. The Kier molecular flexibility index (Phi) is 6.52. The van der Waals surface area contributed by atoms with Gasteiger partial charge in [-0.05, 0) is 24.6 Å². The van der Waals surface area contributed by atoms with Crippen LogP contribution in [0.4, 0.5) is 0 Å². The number of nitrogens with one attached hydrogen (secondary N) is 1. The van der Waals surface area contributed by atoms with E-state index in [1.165, 1.54) is 18.2 Å². The third-order valence-corrected chi connectivity index (χ3v) is 5.48. The van der Waals surface area contributed by atoms with Crippen LogP contribution in [0.1, 0.15) is 23.2 Å². The standard InChI is InChI=1S/C16H17ClN2O6S/c1-2-7-18-26(23,24)13-9-11(5-6-12(13)17)16(22)25-10-15(21)19-8-3-4-14(19)20/h2,5-6,9,18H,1,3-4,7-8,10H2. The van der Waals surface area contributed by atoms with E-state index in [9.17, 15) is 22.8 Å². The molecule has 2 amide bonds. The number of rotatable bonds is 7. The van der Waals surface area contributed by atoms with Gasteiger partial charge in [-0.3, -0.25) is 14.5 Å². The quantitative estimate of drug-likeness (QED) is 0.542. The highest BCUT2D eigenvalue weighted by Crippen LogP contribution is 2.23. The Morgan fingerprint density at radius 2 is 2.12 bits per heavy atom. The van der Waals surface area contributed by atoms with E-state index in [1.54, 1.807) is 0 Å². The summed E-state index contributed by atoms with van der Waals surface area (Å²) in [5, 5.41) is -0.0724. The maximum Gasteiger partial charge on any atom is 0.338 e. The van der Waals surface area contributed by atoms with Gasteiger partial charge in [-0.2, -0.15) is 0 Å². The summed E-state index contributed by atoms with van der Waals surface area (Å²) < 4.78 is 31.5. The molecule has 1 aliphatic heterocycles. The molecule has 0 unspecified atom stereocenters. The molecule has 1 aromatic rings. The number of hydrogen-bond acceptors (Lipinski definition) is 6. The Morgan fingerprint density at radius 1 is 1.38 bits per heavy atom. The average molecular weight is 401 g/mol. The number of likely N-dealkylation sites (tertiary alicyclic amines) is 1. The van der Waals surface area contributed by atoms with Crippen molar-refractivity contribution < 1.29 is 27.5 Å². The minimum Gasteiger partial charge on any atom is -0.452 e. The third kappa shape index (κ3) is 4.69. The molecule has 2 rings (SSSR count). The number of nitrogens with zero attached hydrogens (tertiary/aromatic N) is 1. The molecule has 1 saturated heterocycles. The molecule has 1 heterocycles. The first-order chi connectivity index (χ1) is 12.3. The first-order valence-electron chi connectivity index (χ1n) is 7.66. The van der Waals surface area contributed by atoms with E-state index in [2.05, 4.69) is 11.3 Å². The Labute approximate surface area is 155 Å². The summed E-state index contributed by atoms with van der Waals surface area (Å²) >= 11 is 5.90. The lowest BCUT2D eigenvalue weighted by Gasteiger charge is -2.13. The van der Waals surface area contributed by atoms with Crippen molar-refractivity contribution >= 4 is 39.4 Å². The van der Waals surface area contributed by atoms with Gasteiger partial charge in [0, 0.05) is 19.5 Å². The number of amides is 2. The van der Waals surface area contributed by atoms with Gasteiger partial charge in [0.1, 0.15) is 4.90 Å². The molecule has 0 saturated carbocycles. The van der Waals surface area contributed by atoms with Crippen LogP contribution in [0.25, 0.3) is 0 Å². The van der Waals surface area contributed by atoms with Crippen LogP contribution in [0.2, 0.25) is 5.02 Å². The van der Waals surface area contributed by atoms with Crippen LogP contribution in [-0.2, 0) is 24.3 Å². The topological polar surface area (TPSA) is 110 Å². The van der Waals surface area contributed by atoms with Gasteiger partial charge in [-0.25, -0.2) is 17.9 Å². The van der Waals surface area contributed by atoms with Gasteiger partial charge in [0.15, 0.2) is 6.61 Å². The second-order valence-corrected chi connectivity index (χ2v) is 7.55. The molecule has 1 aromatic carbocycles. The van der Waals surface area contributed by atoms with Crippen LogP contribution in [0.3, 0.4) is 0 Å². The van der Waals surface area contributed by atoms with E-state index < -0.39 is 28.5 Å². The monoisotopic (exact) mass is 400 g/mol. The maximum atomic E-state index is 12.2. The van der Waals surface area contributed by atoms with E-state index in [0.717, 1.165) is 11.0 Å². The minimum atomic E-state index is -3.94. The predicted molar refractivity (Wildman–Crippen MR) is 93.1 cm³/mol. The molecular formula is C16H17ClN2O6S. The Balaban J connectivity index is 2.09. The number of ether oxygens (including phenoxy) is 1. The van der Waals surface area contributed by atoms with Crippen LogP contribution in [0.5, 0.6) is 0 Å². The highest BCUT2D eigenvalue weighted by atomic mass is 35.5. The van der Waals surface area contributed by atoms with Crippen LogP contribution in [-0.4, -0.2) is 50.8 Å². The molecule has 1 aliphatic rings. The van der Waals surface area contributed by atoms with Crippen molar-refractivity contribution in [2.45, 2.75) is 17.7 Å². The molecule has 26 heavy (non-hydrogen) atoms. The average Bonchev–Trinajstić information content (AvgIpc) is 3.04. The fourth-order valence-corrected chi connectivity index (χ4v) is 3.80. The number of imide groups is 1. The van der Waals surface area contributed by atoms with Gasteiger partial charge in [-0.15, -0.1) is 6.58 Å². The summed E-state index contributed by atoms with van der Waals surface area (Å²) in [6, 6.07) is 3.58. The van der Waals surface area contributed by atoms with Crippen molar-refractivity contribution in [2.75, 3.05) is 19.7 Å². The fraction of sp³-hybridized carbons (Fsp3) is 0.312. The number of benzene rings is 1. The van der Waals surface area contributed by atoms with Crippen molar-refractivity contribution in [2.24, 2.45) is 0 Å². The zero-order valence-electron chi connectivity index (χ0n) is 13.7. The molecule has 0 atom stereocenters. The SMILES string of the molecule is C=CCNS(=O)(=O)c1cc(C(=O)OCC(=O)N2CCCC2=O)ccc1Cl. The van der Waals surface area contributed by atoms with E-state index >= 15 is 0 Å². The lowest BCUT2D eigenvalue weighted by molar-refractivity contribution is -0.143. The van der Waals surface area contributed by atoms with E-state index in [-0.39, 0.29) is 34.4 Å². The van der Waals surface area contributed by atoms with Crippen LogP contribution < -0.4 is 4.72 Å². The van der Waals surface area contributed by atoms with E-state index in [1.807, 2.05) is 0 Å². The summed E-state index contributed by atoms with van der Waals surface area (Å²) in [7, 11) is -3.94. The minimum absolute atomic E-state index is 0.00823. The molecule has 0 radical (unpaired) electrons. The van der Waals surface area contributed by atoms with Crippen LogP contribution in [0.15, 0.2) is 35.7 Å². The highest BCUT2D eigenvalue weighted by Gasteiger charge is 2.27. The summed E-state index contributed by atoms with van der Waals surface area (Å²) in [5.74, 6) is -1.82. The first-order valence-corrected chi connectivity index (χ1v) is 9.53. The number of hydrogen-bond donors (Lipinski definition) is 1. The van der Waals surface area contributed by atoms with Crippen LogP contribution in [0, 0.1) is 0 Å². The number of esters is 1. The summed E-state index contributed by atoms with van der Waals surface area (Å²) in [6.45, 7) is 3.09. The number of carbonyl (C=O) groups excluding carboxylic acids is 3. The summed E-state index contributed by atoms with van der Waals surface area (Å²) in [5.41, 5.74) is -0.0890. The zero-order chi connectivity index (χ0) is 19.3. The summed E-state index contributed by atoms with van der Waals surface area (Å²) in [4.78, 5) is 36.2. The molecule has 140 valence electrons. The lowest BCUT2D eigenvalue weighted by atomic mass is 10.2. The second-order valence-electron chi connectivity index (χ2n) is 5.40. The van der Waals surface area contributed by atoms with Crippen LogP contribution >= 0.6 is 11.6 Å².